The van der Waals surface area contributed by atoms with Gasteiger partial charge in [-0.2, -0.15) is 0 Å². The number of H-pyrrole nitrogens is 1. The molecular formula is C15H21N3O2. The highest BCUT2D eigenvalue weighted by atomic mass is 16.4. The van der Waals surface area contributed by atoms with Crippen LogP contribution in [-0.4, -0.2) is 42.6 Å². The van der Waals surface area contributed by atoms with Crippen LogP contribution in [0.2, 0.25) is 0 Å². The second-order valence-corrected chi connectivity index (χ2v) is 6.14. The first-order chi connectivity index (χ1) is 9.54. The minimum Gasteiger partial charge on any atom is -0.408 e. The lowest BCUT2D eigenvalue weighted by Gasteiger charge is -2.35. The fourth-order valence-electron chi connectivity index (χ4n) is 2.89. The molecule has 0 unspecified atom stereocenters. The van der Waals surface area contributed by atoms with Crippen molar-refractivity contribution in [1.82, 2.24) is 15.2 Å². The molecule has 2 N–H and O–H groups in total. The molecule has 1 saturated heterocycles. The standard InChI is InChI=1S/C15H21N3O2/c1-15(2,10-18-7-5-16-6-8-18)11-3-4-12-13(9-11)20-14(19)17-12/h3-4,9,16H,5-8,10H2,1-2H3,(H,17,19). The van der Waals surface area contributed by atoms with Crippen molar-refractivity contribution in [2.75, 3.05) is 32.7 Å². The van der Waals surface area contributed by atoms with E-state index in [-0.39, 0.29) is 5.41 Å². The highest BCUT2D eigenvalue weighted by Gasteiger charge is 2.25. The second kappa shape index (κ2) is 5.07. The van der Waals surface area contributed by atoms with Crippen LogP contribution in [0.3, 0.4) is 0 Å². The molecular weight excluding hydrogens is 254 g/mol. The number of hydrogen-bond acceptors (Lipinski definition) is 4. The Kier molecular flexibility index (Phi) is 3.40. The summed E-state index contributed by atoms with van der Waals surface area (Å²) in [6, 6.07) is 5.99. The van der Waals surface area contributed by atoms with Crippen LogP contribution in [-0.2, 0) is 5.41 Å². The molecule has 2 heterocycles. The maximum Gasteiger partial charge on any atom is 0.417 e. The molecule has 1 aromatic carbocycles. The molecule has 0 aliphatic carbocycles. The van der Waals surface area contributed by atoms with E-state index in [4.69, 9.17) is 4.42 Å². The van der Waals surface area contributed by atoms with E-state index in [1.54, 1.807) is 0 Å². The summed E-state index contributed by atoms with van der Waals surface area (Å²) in [6.07, 6.45) is 0. The van der Waals surface area contributed by atoms with E-state index < -0.39 is 5.76 Å². The topological polar surface area (TPSA) is 61.3 Å². The van der Waals surface area contributed by atoms with Crippen LogP contribution in [0.4, 0.5) is 0 Å². The van der Waals surface area contributed by atoms with Crippen LogP contribution < -0.4 is 11.1 Å². The fraction of sp³-hybridized carbons (Fsp3) is 0.533. The highest BCUT2D eigenvalue weighted by Crippen LogP contribution is 2.27. The number of rotatable bonds is 3. The normalized spacial score (nSPS) is 17.7. The fourth-order valence-corrected chi connectivity index (χ4v) is 2.89. The number of aromatic nitrogens is 1. The van der Waals surface area contributed by atoms with Crippen LogP contribution in [0.5, 0.6) is 0 Å². The molecule has 1 aromatic heterocycles. The monoisotopic (exact) mass is 275 g/mol. The number of piperazine rings is 1. The summed E-state index contributed by atoms with van der Waals surface area (Å²) in [4.78, 5) is 16.4. The van der Waals surface area contributed by atoms with Crippen LogP contribution in [0.1, 0.15) is 19.4 Å². The highest BCUT2D eigenvalue weighted by molar-refractivity contribution is 5.73. The molecule has 1 aliphatic heterocycles. The summed E-state index contributed by atoms with van der Waals surface area (Å²) < 4.78 is 5.16. The molecule has 0 amide bonds. The first kappa shape index (κ1) is 13.4. The number of benzene rings is 1. The summed E-state index contributed by atoms with van der Waals surface area (Å²) in [7, 11) is 0. The molecule has 5 heteroatoms. The van der Waals surface area contributed by atoms with E-state index in [2.05, 4.69) is 35.1 Å². The van der Waals surface area contributed by atoms with Crippen molar-refractivity contribution in [3.8, 4) is 0 Å². The largest absolute Gasteiger partial charge is 0.417 e. The Labute approximate surface area is 118 Å². The smallest absolute Gasteiger partial charge is 0.408 e. The number of fused-ring (bicyclic) bond motifs is 1. The Morgan fingerprint density at radius 1 is 1.30 bits per heavy atom. The van der Waals surface area contributed by atoms with Gasteiger partial charge in [-0.05, 0) is 17.7 Å². The molecule has 5 nitrogen and oxygen atoms in total. The van der Waals surface area contributed by atoms with Crippen molar-refractivity contribution < 1.29 is 4.42 Å². The summed E-state index contributed by atoms with van der Waals surface area (Å²) in [5.74, 6) is -0.392. The summed E-state index contributed by atoms with van der Waals surface area (Å²) in [5, 5.41) is 3.37. The predicted octanol–water partition coefficient (Wildman–Crippen LogP) is 1.30. The Morgan fingerprint density at radius 2 is 2.05 bits per heavy atom. The molecule has 20 heavy (non-hydrogen) atoms. The van der Waals surface area contributed by atoms with Gasteiger partial charge in [0.1, 0.15) is 0 Å². The Bertz CT molecular complexity index is 650. The predicted molar refractivity (Wildman–Crippen MR) is 79.2 cm³/mol. The van der Waals surface area contributed by atoms with Gasteiger partial charge in [0.15, 0.2) is 5.58 Å². The third-order valence-corrected chi connectivity index (χ3v) is 4.03. The zero-order valence-corrected chi connectivity index (χ0v) is 12.0. The lowest BCUT2D eigenvalue weighted by molar-refractivity contribution is 0.200. The second-order valence-electron chi connectivity index (χ2n) is 6.14. The lowest BCUT2D eigenvalue weighted by Crippen LogP contribution is -2.47. The number of nitrogens with zero attached hydrogens (tertiary/aromatic N) is 1. The molecule has 0 bridgehead atoms. The SMILES string of the molecule is CC(C)(CN1CCNCC1)c1ccc2[nH]c(=O)oc2c1. The minimum absolute atomic E-state index is 0.0291. The van der Waals surface area contributed by atoms with Crippen molar-refractivity contribution in [1.29, 1.82) is 0 Å². The molecule has 1 aliphatic rings. The van der Waals surface area contributed by atoms with Gasteiger partial charge < -0.3 is 9.73 Å². The van der Waals surface area contributed by atoms with Crippen LogP contribution >= 0.6 is 0 Å². The first-order valence-electron chi connectivity index (χ1n) is 7.11. The van der Waals surface area contributed by atoms with Crippen molar-refractivity contribution in [3.63, 3.8) is 0 Å². The summed E-state index contributed by atoms with van der Waals surface area (Å²) >= 11 is 0. The van der Waals surface area contributed by atoms with Crippen molar-refractivity contribution in [3.05, 3.63) is 34.3 Å². The molecule has 108 valence electrons. The van der Waals surface area contributed by atoms with Crippen molar-refractivity contribution in [2.45, 2.75) is 19.3 Å². The minimum atomic E-state index is -0.392. The zero-order chi connectivity index (χ0) is 14.2. The summed E-state index contributed by atoms with van der Waals surface area (Å²) in [5.41, 5.74) is 2.63. The Morgan fingerprint density at radius 3 is 2.80 bits per heavy atom. The van der Waals surface area contributed by atoms with Gasteiger partial charge in [-0.15, -0.1) is 0 Å². The van der Waals surface area contributed by atoms with E-state index >= 15 is 0 Å². The van der Waals surface area contributed by atoms with Crippen molar-refractivity contribution >= 4 is 11.1 Å². The molecule has 1 fully saturated rings. The van der Waals surface area contributed by atoms with E-state index in [9.17, 15) is 4.79 Å². The van der Waals surface area contributed by atoms with Gasteiger partial charge in [0.2, 0.25) is 0 Å². The number of hydrogen-bond donors (Lipinski definition) is 2. The van der Waals surface area contributed by atoms with Gasteiger partial charge in [0, 0.05) is 38.1 Å². The van der Waals surface area contributed by atoms with Crippen molar-refractivity contribution in [2.24, 2.45) is 0 Å². The Balaban J connectivity index is 1.85. The zero-order valence-electron chi connectivity index (χ0n) is 12.0. The number of nitrogens with one attached hydrogen (secondary N) is 2. The van der Waals surface area contributed by atoms with Gasteiger partial charge in [-0.3, -0.25) is 9.88 Å². The van der Waals surface area contributed by atoms with Gasteiger partial charge in [-0.25, -0.2) is 4.79 Å². The first-order valence-corrected chi connectivity index (χ1v) is 7.11. The Hall–Kier alpha value is -1.59. The van der Waals surface area contributed by atoms with Gasteiger partial charge in [0.05, 0.1) is 5.52 Å². The van der Waals surface area contributed by atoms with Gasteiger partial charge >= 0.3 is 5.76 Å². The number of oxazole rings is 1. The maximum atomic E-state index is 11.2. The lowest BCUT2D eigenvalue weighted by atomic mass is 9.84. The summed E-state index contributed by atoms with van der Waals surface area (Å²) in [6.45, 7) is 9.77. The average Bonchev–Trinajstić information content (AvgIpc) is 2.78. The molecule has 0 atom stereocenters. The van der Waals surface area contributed by atoms with E-state index in [1.165, 1.54) is 5.56 Å². The van der Waals surface area contributed by atoms with Gasteiger partial charge in [-0.1, -0.05) is 19.9 Å². The van der Waals surface area contributed by atoms with Gasteiger partial charge in [0.25, 0.3) is 0 Å². The van der Waals surface area contributed by atoms with Crippen LogP contribution in [0, 0.1) is 0 Å². The van der Waals surface area contributed by atoms with E-state index in [0.717, 1.165) is 38.2 Å². The average molecular weight is 275 g/mol. The van der Waals surface area contributed by atoms with Crippen LogP contribution in [0.15, 0.2) is 27.4 Å². The molecule has 2 aromatic rings. The van der Waals surface area contributed by atoms with E-state index in [0.29, 0.717) is 5.58 Å². The van der Waals surface area contributed by atoms with Crippen LogP contribution in [0.25, 0.3) is 11.1 Å². The molecule has 0 saturated carbocycles. The maximum absolute atomic E-state index is 11.2. The van der Waals surface area contributed by atoms with E-state index in [1.807, 2.05) is 12.1 Å². The molecule has 3 rings (SSSR count). The number of aromatic amines is 1. The third-order valence-electron chi connectivity index (χ3n) is 4.03. The molecule has 0 spiro atoms. The molecule has 0 radical (unpaired) electrons. The quantitative estimate of drug-likeness (QED) is 0.886. The third kappa shape index (κ3) is 2.64.